The minimum Gasteiger partial charge on any atom is -0.482 e. The summed E-state index contributed by atoms with van der Waals surface area (Å²) in [6.45, 7) is 0.269. The lowest BCUT2D eigenvalue weighted by Crippen LogP contribution is -2.38. The van der Waals surface area contributed by atoms with E-state index >= 15 is 0 Å². The molecular weight excluding hydrogens is 247 g/mol. The van der Waals surface area contributed by atoms with Gasteiger partial charge in [0.1, 0.15) is 11.6 Å². The molecule has 1 aromatic heterocycles. The Bertz CT molecular complexity index is 616. The van der Waals surface area contributed by atoms with Crippen molar-refractivity contribution in [1.29, 1.82) is 0 Å². The van der Waals surface area contributed by atoms with E-state index in [1.165, 1.54) is 23.1 Å². The number of carbonyl (C=O) groups is 1. The third kappa shape index (κ3) is 2.27. The number of amides is 1. The van der Waals surface area contributed by atoms with Crippen LogP contribution in [0.1, 0.15) is 5.69 Å². The first-order valence-corrected chi connectivity index (χ1v) is 5.86. The van der Waals surface area contributed by atoms with E-state index in [0.29, 0.717) is 18.0 Å². The van der Waals surface area contributed by atoms with Gasteiger partial charge in [0.05, 0.1) is 17.9 Å². The summed E-state index contributed by atoms with van der Waals surface area (Å²) >= 11 is 0. The minimum atomic E-state index is -0.400. The second kappa shape index (κ2) is 4.68. The molecule has 19 heavy (non-hydrogen) atoms. The molecule has 96 valence electrons. The van der Waals surface area contributed by atoms with Crippen molar-refractivity contribution in [3.05, 3.63) is 54.1 Å². The fourth-order valence-electron chi connectivity index (χ4n) is 2.00. The number of halogens is 1. The Labute approximate surface area is 109 Å². The maximum atomic E-state index is 13.3. The highest BCUT2D eigenvalue weighted by molar-refractivity contribution is 5.97. The van der Waals surface area contributed by atoms with Crippen LogP contribution in [0.2, 0.25) is 0 Å². The summed E-state index contributed by atoms with van der Waals surface area (Å²) in [5, 5.41) is 0. The van der Waals surface area contributed by atoms with Crippen molar-refractivity contribution in [3.8, 4) is 5.75 Å². The van der Waals surface area contributed by atoms with Crippen molar-refractivity contribution in [2.24, 2.45) is 0 Å². The molecule has 5 heteroatoms. The molecule has 2 heterocycles. The Morgan fingerprint density at radius 2 is 2.21 bits per heavy atom. The zero-order valence-electron chi connectivity index (χ0n) is 10.0. The highest BCUT2D eigenvalue weighted by Gasteiger charge is 2.26. The fourth-order valence-corrected chi connectivity index (χ4v) is 2.00. The first kappa shape index (κ1) is 11.6. The van der Waals surface area contributed by atoms with E-state index in [1.54, 1.807) is 12.3 Å². The predicted octanol–water partition coefficient (Wildman–Crippen LogP) is 2.15. The number of rotatable bonds is 2. The van der Waals surface area contributed by atoms with Crippen LogP contribution in [0.3, 0.4) is 0 Å². The number of anilines is 1. The molecule has 0 bridgehead atoms. The van der Waals surface area contributed by atoms with E-state index in [1.807, 2.05) is 12.1 Å². The summed E-state index contributed by atoms with van der Waals surface area (Å²) in [4.78, 5) is 17.6. The monoisotopic (exact) mass is 258 g/mol. The SMILES string of the molecule is O=C1COc2ccc(F)cc2N1Cc1ccccn1. The van der Waals surface area contributed by atoms with Gasteiger partial charge in [0.15, 0.2) is 6.61 Å². The predicted molar refractivity (Wildman–Crippen MR) is 67.3 cm³/mol. The van der Waals surface area contributed by atoms with Gasteiger partial charge < -0.3 is 4.74 Å². The molecule has 0 spiro atoms. The third-order valence-electron chi connectivity index (χ3n) is 2.91. The van der Waals surface area contributed by atoms with E-state index < -0.39 is 5.82 Å². The van der Waals surface area contributed by atoms with E-state index in [2.05, 4.69) is 4.98 Å². The molecule has 0 saturated carbocycles. The standard InChI is InChI=1S/C14H11FN2O2/c15-10-4-5-13-12(7-10)17(14(18)9-19-13)8-11-3-1-2-6-16-11/h1-7H,8-9H2. The fraction of sp³-hybridized carbons (Fsp3) is 0.143. The number of carbonyl (C=O) groups excluding carboxylic acids is 1. The quantitative estimate of drug-likeness (QED) is 0.828. The Kier molecular flexibility index (Phi) is 2.87. The number of fused-ring (bicyclic) bond motifs is 1. The van der Waals surface area contributed by atoms with Crippen LogP contribution in [0.15, 0.2) is 42.6 Å². The molecule has 0 fully saturated rings. The number of hydrogen-bond acceptors (Lipinski definition) is 3. The number of pyridine rings is 1. The van der Waals surface area contributed by atoms with Crippen molar-refractivity contribution in [2.75, 3.05) is 11.5 Å². The molecule has 0 unspecified atom stereocenters. The second-order valence-electron chi connectivity index (χ2n) is 4.20. The average molecular weight is 258 g/mol. The van der Waals surface area contributed by atoms with Crippen LogP contribution < -0.4 is 9.64 Å². The normalized spacial score (nSPS) is 13.9. The molecule has 0 aliphatic carbocycles. The molecule has 3 rings (SSSR count). The van der Waals surface area contributed by atoms with Crippen LogP contribution in [0.5, 0.6) is 5.75 Å². The Morgan fingerprint density at radius 3 is 3.00 bits per heavy atom. The van der Waals surface area contributed by atoms with Crippen molar-refractivity contribution in [3.63, 3.8) is 0 Å². The van der Waals surface area contributed by atoms with Gasteiger partial charge in [0.25, 0.3) is 5.91 Å². The van der Waals surface area contributed by atoms with Crippen molar-refractivity contribution in [2.45, 2.75) is 6.54 Å². The Balaban J connectivity index is 1.97. The molecule has 0 saturated heterocycles. The summed E-state index contributed by atoms with van der Waals surface area (Å²) < 4.78 is 18.6. The molecule has 4 nitrogen and oxygen atoms in total. The van der Waals surface area contributed by atoms with E-state index in [-0.39, 0.29) is 12.5 Å². The summed E-state index contributed by atoms with van der Waals surface area (Å²) in [6, 6.07) is 9.62. The van der Waals surface area contributed by atoms with Gasteiger partial charge in [-0.05, 0) is 24.3 Å². The lowest BCUT2D eigenvalue weighted by atomic mass is 10.2. The van der Waals surface area contributed by atoms with Gasteiger partial charge >= 0.3 is 0 Å². The molecular formula is C14H11FN2O2. The Hall–Kier alpha value is -2.43. The molecule has 1 aliphatic heterocycles. The molecule has 0 radical (unpaired) electrons. The molecule has 1 aliphatic rings. The van der Waals surface area contributed by atoms with Gasteiger partial charge in [-0.3, -0.25) is 14.7 Å². The molecule has 2 aromatic rings. The smallest absolute Gasteiger partial charge is 0.265 e. The zero-order chi connectivity index (χ0) is 13.2. The van der Waals surface area contributed by atoms with E-state index in [9.17, 15) is 9.18 Å². The van der Waals surface area contributed by atoms with Crippen LogP contribution in [0.4, 0.5) is 10.1 Å². The third-order valence-corrected chi connectivity index (χ3v) is 2.91. The first-order valence-electron chi connectivity index (χ1n) is 5.86. The van der Waals surface area contributed by atoms with Gasteiger partial charge in [-0.1, -0.05) is 6.07 Å². The second-order valence-corrected chi connectivity index (χ2v) is 4.20. The number of aromatic nitrogens is 1. The summed E-state index contributed by atoms with van der Waals surface area (Å²) in [5.41, 5.74) is 1.19. The summed E-state index contributed by atoms with van der Waals surface area (Å²) in [5.74, 6) is -0.0937. The molecule has 1 aromatic carbocycles. The topological polar surface area (TPSA) is 42.4 Å². The highest BCUT2D eigenvalue weighted by atomic mass is 19.1. The number of benzene rings is 1. The van der Waals surface area contributed by atoms with Gasteiger partial charge in [-0.25, -0.2) is 4.39 Å². The summed E-state index contributed by atoms with van der Waals surface area (Å²) in [6.07, 6.45) is 1.66. The maximum absolute atomic E-state index is 13.3. The van der Waals surface area contributed by atoms with Gasteiger partial charge in [0.2, 0.25) is 0 Å². The van der Waals surface area contributed by atoms with Crippen LogP contribution in [-0.4, -0.2) is 17.5 Å². The van der Waals surface area contributed by atoms with Gasteiger partial charge in [-0.2, -0.15) is 0 Å². The molecule has 0 atom stereocenters. The lowest BCUT2D eigenvalue weighted by Gasteiger charge is -2.29. The van der Waals surface area contributed by atoms with Crippen LogP contribution in [0.25, 0.3) is 0 Å². The number of hydrogen-bond donors (Lipinski definition) is 0. The highest BCUT2D eigenvalue weighted by Crippen LogP contribution is 2.33. The van der Waals surface area contributed by atoms with Crippen molar-refractivity contribution in [1.82, 2.24) is 4.98 Å². The van der Waals surface area contributed by atoms with Gasteiger partial charge in [0, 0.05) is 12.3 Å². The largest absolute Gasteiger partial charge is 0.482 e. The lowest BCUT2D eigenvalue weighted by molar-refractivity contribution is -0.121. The molecule has 1 amide bonds. The first-order chi connectivity index (χ1) is 9.24. The zero-order valence-corrected chi connectivity index (χ0v) is 10.0. The van der Waals surface area contributed by atoms with E-state index in [0.717, 1.165) is 5.69 Å². The van der Waals surface area contributed by atoms with Crippen LogP contribution in [-0.2, 0) is 11.3 Å². The Morgan fingerprint density at radius 1 is 1.32 bits per heavy atom. The van der Waals surface area contributed by atoms with Gasteiger partial charge in [-0.15, -0.1) is 0 Å². The minimum absolute atomic E-state index is 0.0362. The number of ether oxygens (including phenoxy) is 1. The van der Waals surface area contributed by atoms with Crippen molar-refractivity contribution < 1.29 is 13.9 Å². The van der Waals surface area contributed by atoms with E-state index in [4.69, 9.17) is 4.74 Å². The summed E-state index contributed by atoms with van der Waals surface area (Å²) in [7, 11) is 0. The van der Waals surface area contributed by atoms with Crippen LogP contribution >= 0.6 is 0 Å². The van der Waals surface area contributed by atoms with Crippen molar-refractivity contribution >= 4 is 11.6 Å². The number of nitrogens with zero attached hydrogens (tertiary/aromatic N) is 2. The maximum Gasteiger partial charge on any atom is 0.265 e. The van der Waals surface area contributed by atoms with Crippen LogP contribution in [0, 0.1) is 5.82 Å². The molecule has 0 N–H and O–H groups in total. The average Bonchev–Trinajstić information content (AvgIpc) is 2.43.